The minimum atomic E-state index is 0.292. The molecule has 0 aliphatic heterocycles. The van der Waals surface area contributed by atoms with E-state index in [2.05, 4.69) is 28.1 Å². The molecule has 1 aliphatic rings. The van der Waals surface area contributed by atoms with Crippen molar-refractivity contribution in [2.24, 2.45) is 11.7 Å². The van der Waals surface area contributed by atoms with E-state index in [1.54, 1.807) is 7.11 Å². The lowest BCUT2D eigenvalue weighted by Crippen LogP contribution is -2.28. The fourth-order valence-corrected chi connectivity index (χ4v) is 2.97. The Hall–Kier alpha value is -0.540. The molecular formula is C14H20BrNO. The van der Waals surface area contributed by atoms with Gasteiger partial charge in [-0.05, 0) is 52.4 Å². The van der Waals surface area contributed by atoms with Crippen LogP contribution < -0.4 is 10.5 Å². The van der Waals surface area contributed by atoms with Gasteiger partial charge in [-0.2, -0.15) is 0 Å². The SMILES string of the molecule is COc1ccc(CC(N)CC2CCC2)cc1Br. The van der Waals surface area contributed by atoms with Crippen LogP contribution in [0, 0.1) is 5.92 Å². The third-order valence-corrected chi connectivity index (χ3v) is 4.19. The van der Waals surface area contributed by atoms with Crippen LogP contribution >= 0.6 is 15.9 Å². The number of halogens is 1. The second-order valence-corrected chi connectivity index (χ2v) is 5.82. The fraction of sp³-hybridized carbons (Fsp3) is 0.571. The molecule has 0 bridgehead atoms. The predicted octanol–water partition coefficient (Wildman–Crippen LogP) is 3.52. The van der Waals surface area contributed by atoms with Gasteiger partial charge in [0, 0.05) is 6.04 Å². The molecule has 1 aromatic carbocycles. The number of ether oxygens (including phenoxy) is 1. The third kappa shape index (κ3) is 3.46. The molecule has 0 radical (unpaired) electrons. The van der Waals surface area contributed by atoms with E-state index in [1.165, 1.54) is 31.2 Å². The van der Waals surface area contributed by atoms with Gasteiger partial charge in [-0.1, -0.05) is 25.3 Å². The van der Waals surface area contributed by atoms with Gasteiger partial charge in [0.05, 0.1) is 11.6 Å². The molecule has 0 saturated heterocycles. The summed E-state index contributed by atoms with van der Waals surface area (Å²) in [5, 5.41) is 0. The first-order valence-corrected chi connectivity index (χ1v) is 7.06. The summed E-state index contributed by atoms with van der Waals surface area (Å²) in [6.45, 7) is 0. The Bertz CT molecular complexity index is 376. The van der Waals surface area contributed by atoms with Crippen LogP contribution in [0.4, 0.5) is 0 Å². The van der Waals surface area contributed by atoms with Gasteiger partial charge in [-0.25, -0.2) is 0 Å². The molecule has 0 amide bonds. The lowest BCUT2D eigenvalue weighted by Gasteiger charge is -2.28. The molecule has 17 heavy (non-hydrogen) atoms. The molecule has 1 fully saturated rings. The van der Waals surface area contributed by atoms with E-state index in [0.717, 1.165) is 22.6 Å². The first-order valence-electron chi connectivity index (χ1n) is 6.27. The van der Waals surface area contributed by atoms with Crippen molar-refractivity contribution in [3.8, 4) is 5.75 Å². The normalized spacial score (nSPS) is 17.6. The van der Waals surface area contributed by atoms with Crippen molar-refractivity contribution in [1.82, 2.24) is 0 Å². The Labute approximate surface area is 112 Å². The summed E-state index contributed by atoms with van der Waals surface area (Å²) < 4.78 is 6.23. The first kappa shape index (κ1) is 12.9. The van der Waals surface area contributed by atoms with Crippen LogP contribution in [0.25, 0.3) is 0 Å². The Morgan fingerprint density at radius 1 is 1.47 bits per heavy atom. The summed E-state index contributed by atoms with van der Waals surface area (Å²) in [5.41, 5.74) is 7.47. The van der Waals surface area contributed by atoms with E-state index >= 15 is 0 Å². The minimum absolute atomic E-state index is 0.292. The van der Waals surface area contributed by atoms with Crippen LogP contribution in [-0.4, -0.2) is 13.2 Å². The molecule has 3 heteroatoms. The molecule has 2 rings (SSSR count). The Kier molecular flexibility index (Phi) is 4.46. The second-order valence-electron chi connectivity index (χ2n) is 4.97. The quantitative estimate of drug-likeness (QED) is 0.902. The van der Waals surface area contributed by atoms with Gasteiger partial charge in [0.15, 0.2) is 0 Å². The Morgan fingerprint density at radius 3 is 2.76 bits per heavy atom. The molecule has 1 aliphatic carbocycles. The maximum absolute atomic E-state index is 6.19. The summed E-state index contributed by atoms with van der Waals surface area (Å²) >= 11 is 3.51. The molecular weight excluding hydrogens is 278 g/mol. The highest BCUT2D eigenvalue weighted by molar-refractivity contribution is 9.10. The number of hydrogen-bond acceptors (Lipinski definition) is 2. The highest BCUT2D eigenvalue weighted by Gasteiger charge is 2.20. The smallest absolute Gasteiger partial charge is 0.133 e. The van der Waals surface area contributed by atoms with Crippen LogP contribution in [0.2, 0.25) is 0 Å². The highest BCUT2D eigenvalue weighted by Crippen LogP contribution is 2.31. The molecule has 0 aromatic heterocycles. The molecule has 1 saturated carbocycles. The summed E-state index contributed by atoms with van der Waals surface area (Å²) in [4.78, 5) is 0. The molecule has 1 atom stereocenters. The fourth-order valence-electron chi connectivity index (χ4n) is 2.38. The number of nitrogens with two attached hydrogens (primary N) is 1. The number of benzene rings is 1. The van der Waals surface area contributed by atoms with E-state index < -0.39 is 0 Å². The molecule has 1 unspecified atom stereocenters. The summed E-state index contributed by atoms with van der Waals surface area (Å²) in [6, 6.07) is 6.50. The second kappa shape index (κ2) is 5.87. The van der Waals surface area contributed by atoms with Gasteiger partial charge >= 0.3 is 0 Å². The Morgan fingerprint density at radius 2 is 2.24 bits per heavy atom. The van der Waals surface area contributed by atoms with E-state index in [-0.39, 0.29) is 0 Å². The van der Waals surface area contributed by atoms with Crippen LogP contribution in [0.5, 0.6) is 5.75 Å². The van der Waals surface area contributed by atoms with Crippen LogP contribution in [0.3, 0.4) is 0 Å². The van der Waals surface area contributed by atoms with Gasteiger partial charge in [0.2, 0.25) is 0 Å². The van der Waals surface area contributed by atoms with Gasteiger partial charge in [0.1, 0.15) is 5.75 Å². The lowest BCUT2D eigenvalue weighted by molar-refractivity contribution is 0.275. The van der Waals surface area contributed by atoms with Gasteiger partial charge in [0.25, 0.3) is 0 Å². The zero-order valence-electron chi connectivity index (χ0n) is 10.3. The summed E-state index contributed by atoms with van der Waals surface area (Å²) in [7, 11) is 1.68. The summed E-state index contributed by atoms with van der Waals surface area (Å²) in [6.07, 6.45) is 6.27. The molecule has 2 N–H and O–H groups in total. The largest absolute Gasteiger partial charge is 0.496 e. The van der Waals surface area contributed by atoms with Crippen molar-refractivity contribution >= 4 is 15.9 Å². The lowest BCUT2D eigenvalue weighted by atomic mass is 9.80. The van der Waals surface area contributed by atoms with Crippen LogP contribution in [-0.2, 0) is 6.42 Å². The number of methoxy groups -OCH3 is 1. The molecule has 0 spiro atoms. The zero-order chi connectivity index (χ0) is 12.3. The van der Waals surface area contributed by atoms with E-state index in [9.17, 15) is 0 Å². The van der Waals surface area contributed by atoms with Gasteiger partial charge in [-0.15, -0.1) is 0 Å². The average Bonchev–Trinajstić information content (AvgIpc) is 2.24. The van der Waals surface area contributed by atoms with Crippen molar-refractivity contribution in [2.45, 2.75) is 38.1 Å². The van der Waals surface area contributed by atoms with Gasteiger partial charge in [-0.3, -0.25) is 0 Å². The topological polar surface area (TPSA) is 35.2 Å². The highest BCUT2D eigenvalue weighted by atomic mass is 79.9. The molecule has 1 aromatic rings. The Balaban J connectivity index is 1.90. The number of rotatable bonds is 5. The van der Waals surface area contributed by atoms with Crippen molar-refractivity contribution in [3.63, 3.8) is 0 Å². The average molecular weight is 298 g/mol. The standard InChI is InChI=1S/C14H20BrNO/c1-17-14-6-5-11(9-13(14)15)8-12(16)7-10-3-2-4-10/h5-6,9-10,12H,2-4,7-8,16H2,1H3. The van der Waals surface area contributed by atoms with Gasteiger partial charge < -0.3 is 10.5 Å². The zero-order valence-corrected chi connectivity index (χ0v) is 11.9. The van der Waals surface area contributed by atoms with E-state index in [0.29, 0.717) is 6.04 Å². The predicted molar refractivity (Wildman–Crippen MR) is 74.3 cm³/mol. The van der Waals surface area contributed by atoms with E-state index in [1.807, 2.05) is 6.07 Å². The first-order chi connectivity index (χ1) is 8.19. The van der Waals surface area contributed by atoms with Crippen molar-refractivity contribution < 1.29 is 4.74 Å². The summed E-state index contributed by atoms with van der Waals surface area (Å²) in [5.74, 6) is 1.76. The van der Waals surface area contributed by atoms with Crippen LogP contribution in [0.1, 0.15) is 31.2 Å². The van der Waals surface area contributed by atoms with E-state index in [4.69, 9.17) is 10.5 Å². The monoisotopic (exact) mass is 297 g/mol. The maximum Gasteiger partial charge on any atom is 0.133 e. The maximum atomic E-state index is 6.19. The molecule has 2 nitrogen and oxygen atoms in total. The minimum Gasteiger partial charge on any atom is -0.496 e. The third-order valence-electron chi connectivity index (χ3n) is 3.57. The number of hydrogen-bond donors (Lipinski definition) is 1. The van der Waals surface area contributed by atoms with Crippen LogP contribution in [0.15, 0.2) is 22.7 Å². The van der Waals surface area contributed by atoms with Crippen molar-refractivity contribution in [1.29, 1.82) is 0 Å². The van der Waals surface area contributed by atoms with Crippen molar-refractivity contribution in [2.75, 3.05) is 7.11 Å². The molecule has 0 heterocycles. The molecule has 94 valence electrons. The van der Waals surface area contributed by atoms with Crippen molar-refractivity contribution in [3.05, 3.63) is 28.2 Å².